The third kappa shape index (κ3) is 3.41. The Morgan fingerprint density at radius 3 is 2.67 bits per heavy atom. The van der Waals surface area contributed by atoms with Gasteiger partial charge in [-0.15, -0.1) is 11.3 Å². The first-order valence-corrected chi connectivity index (χ1v) is 7.21. The minimum atomic E-state index is -1.06. The smallest absolute Gasteiger partial charge is 0.338 e. The topological polar surface area (TPSA) is 75.6 Å². The van der Waals surface area contributed by atoms with Crippen molar-refractivity contribution in [3.63, 3.8) is 0 Å². The summed E-state index contributed by atoms with van der Waals surface area (Å²) in [5.74, 6) is -0.973. The third-order valence-corrected chi connectivity index (χ3v) is 3.71. The van der Waals surface area contributed by atoms with Gasteiger partial charge in [-0.2, -0.15) is 0 Å². The van der Waals surface area contributed by atoms with Gasteiger partial charge in [-0.05, 0) is 32.0 Å². The highest BCUT2D eigenvalue weighted by atomic mass is 32.1. The van der Waals surface area contributed by atoms with Gasteiger partial charge in [0.1, 0.15) is 10.8 Å². The molecule has 0 atom stereocenters. The van der Waals surface area contributed by atoms with Gasteiger partial charge in [-0.3, -0.25) is 4.79 Å². The molecule has 6 heteroatoms. The molecule has 21 heavy (non-hydrogen) atoms. The number of carboxylic acids is 1. The highest BCUT2D eigenvalue weighted by Crippen LogP contribution is 2.29. The predicted octanol–water partition coefficient (Wildman–Crippen LogP) is 3.41. The van der Waals surface area contributed by atoms with Gasteiger partial charge < -0.3 is 15.2 Å². The van der Waals surface area contributed by atoms with E-state index < -0.39 is 5.97 Å². The summed E-state index contributed by atoms with van der Waals surface area (Å²) in [6, 6.07) is 8.39. The third-order valence-electron chi connectivity index (χ3n) is 2.74. The lowest BCUT2D eigenvalue weighted by atomic mass is 10.2. The van der Waals surface area contributed by atoms with Gasteiger partial charge in [0.05, 0.1) is 17.7 Å². The number of aryl methyl sites for hydroxylation is 1. The summed E-state index contributed by atoms with van der Waals surface area (Å²) < 4.78 is 5.40. The molecule has 1 aromatic carbocycles. The van der Waals surface area contributed by atoms with Crippen LogP contribution in [0, 0.1) is 6.92 Å². The molecule has 1 aromatic heterocycles. The lowest BCUT2D eigenvalue weighted by Crippen LogP contribution is -2.14. The molecule has 0 unspecified atom stereocenters. The van der Waals surface area contributed by atoms with Crippen LogP contribution in [0.1, 0.15) is 32.5 Å². The SMILES string of the molecule is CCOc1ccccc1C(=O)Nc1sc(C)cc1C(=O)O. The van der Waals surface area contributed by atoms with Gasteiger partial charge >= 0.3 is 5.97 Å². The van der Waals surface area contributed by atoms with Crippen LogP contribution in [0.5, 0.6) is 5.75 Å². The van der Waals surface area contributed by atoms with Gasteiger partial charge in [-0.25, -0.2) is 4.79 Å². The first kappa shape index (κ1) is 15.1. The van der Waals surface area contributed by atoms with Gasteiger partial charge in [-0.1, -0.05) is 12.1 Å². The van der Waals surface area contributed by atoms with Crippen molar-refractivity contribution in [2.24, 2.45) is 0 Å². The number of anilines is 1. The molecule has 2 rings (SSSR count). The molecule has 0 bridgehead atoms. The van der Waals surface area contributed by atoms with Gasteiger partial charge in [0.2, 0.25) is 0 Å². The number of hydrogen-bond donors (Lipinski definition) is 2. The van der Waals surface area contributed by atoms with Gasteiger partial charge in [0.15, 0.2) is 0 Å². The number of ether oxygens (including phenoxy) is 1. The van der Waals surface area contributed by atoms with Crippen molar-refractivity contribution in [1.29, 1.82) is 0 Å². The maximum atomic E-state index is 12.3. The predicted molar refractivity (Wildman–Crippen MR) is 81.6 cm³/mol. The van der Waals surface area contributed by atoms with E-state index in [1.165, 1.54) is 17.4 Å². The van der Waals surface area contributed by atoms with E-state index in [1.807, 2.05) is 6.92 Å². The molecule has 0 aliphatic heterocycles. The number of benzene rings is 1. The zero-order valence-corrected chi connectivity index (χ0v) is 12.5. The minimum absolute atomic E-state index is 0.0970. The van der Waals surface area contributed by atoms with Crippen molar-refractivity contribution >= 4 is 28.2 Å². The van der Waals surface area contributed by atoms with Crippen LogP contribution < -0.4 is 10.1 Å². The summed E-state index contributed by atoms with van der Waals surface area (Å²) in [7, 11) is 0. The Labute approximate surface area is 126 Å². The van der Waals surface area contributed by atoms with E-state index in [4.69, 9.17) is 9.84 Å². The lowest BCUT2D eigenvalue weighted by Gasteiger charge is -2.10. The Bertz CT molecular complexity index is 678. The molecular formula is C15H15NO4S. The number of nitrogens with one attached hydrogen (secondary N) is 1. The number of hydrogen-bond acceptors (Lipinski definition) is 4. The Morgan fingerprint density at radius 1 is 1.29 bits per heavy atom. The molecule has 0 saturated heterocycles. The van der Waals surface area contributed by atoms with Crippen LogP contribution in [0.15, 0.2) is 30.3 Å². The fourth-order valence-corrected chi connectivity index (χ4v) is 2.77. The Morgan fingerprint density at radius 2 is 2.00 bits per heavy atom. The molecule has 0 fully saturated rings. The van der Waals surface area contributed by atoms with E-state index in [2.05, 4.69) is 5.32 Å². The quantitative estimate of drug-likeness (QED) is 0.887. The highest BCUT2D eigenvalue weighted by molar-refractivity contribution is 7.16. The Balaban J connectivity index is 2.28. The monoisotopic (exact) mass is 305 g/mol. The van der Waals surface area contributed by atoms with Crippen LogP contribution in [0.2, 0.25) is 0 Å². The molecule has 2 N–H and O–H groups in total. The van der Waals surface area contributed by atoms with Crippen LogP contribution in [-0.2, 0) is 0 Å². The summed E-state index contributed by atoms with van der Waals surface area (Å²) in [6.45, 7) is 4.07. The summed E-state index contributed by atoms with van der Waals surface area (Å²) >= 11 is 1.23. The number of thiophene rings is 1. The normalized spacial score (nSPS) is 10.2. The summed E-state index contributed by atoms with van der Waals surface area (Å²) in [4.78, 5) is 24.3. The van der Waals surface area contributed by atoms with E-state index in [0.29, 0.717) is 22.9 Å². The van der Waals surface area contributed by atoms with Crippen molar-refractivity contribution in [3.05, 3.63) is 46.3 Å². The molecule has 1 amide bonds. The maximum Gasteiger partial charge on any atom is 0.338 e. The molecule has 0 aliphatic rings. The molecule has 5 nitrogen and oxygen atoms in total. The Kier molecular flexibility index (Phi) is 4.59. The number of carbonyl (C=O) groups excluding carboxylic acids is 1. The lowest BCUT2D eigenvalue weighted by molar-refractivity contribution is 0.0698. The van der Waals surface area contributed by atoms with Crippen molar-refractivity contribution in [2.45, 2.75) is 13.8 Å². The summed E-state index contributed by atoms with van der Waals surface area (Å²) in [6.07, 6.45) is 0. The highest BCUT2D eigenvalue weighted by Gasteiger charge is 2.18. The molecular weight excluding hydrogens is 290 g/mol. The fourth-order valence-electron chi connectivity index (χ4n) is 1.87. The molecule has 0 saturated carbocycles. The second-order valence-corrected chi connectivity index (χ2v) is 5.54. The average molecular weight is 305 g/mol. The van der Waals surface area contributed by atoms with Crippen molar-refractivity contribution in [3.8, 4) is 5.75 Å². The first-order valence-electron chi connectivity index (χ1n) is 6.39. The van der Waals surface area contributed by atoms with Gasteiger partial charge in [0.25, 0.3) is 5.91 Å². The molecule has 110 valence electrons. The fraction of sp³-hybridized carbons (Fsp3) is 0.200. The molecule has 2 aromatic rings. The number of carboxylic acid groups (broad SMARTS) is 1. The number of amides is 1. The van der Waals surface area contributed by atoms with Crippen molar-refractivity contribution < 1.29 is 19.4 Å². The Hall–Kier alpha value is -2.34. The van der Waals surface area contributed by atoms with Crippen LogP contribution >= 0.6 is 11.3 Å². The number of para-hydroxylation sites is 1. The largest absolute Gasteiger partial charge is 0.493 e. The standard InChI is InChI=1S/C15H15NO4S/c1-3-20-12-7-5-4-6-10(12)13(17)16-14-11(15(18)19)8-9(2)21-14/h4-8H,3H2,1-2H3,(H,16,17)(H,18,19). The maximum absolute atomic E-state index is 12.3. The van der Waals surface area contributed by atoms with Crippen LogP contribution in [0.3, 0.4) is 0 Å². The molecule has 0 spiro atoms. The first-order chi connectivity index (χ1) is 10.0. The van der Waals surface area contributed by atoms with Crippen molar-refractivity contribution in [2.75, 3.05) is 11.9 Å². The number of rotatable bonds is 5. The van der Waals surface area contributed by atoms with Crippen LogP contribution in [-0.4, -0.2) is 23.6 Å². The van der Waals surface area contributed by atoms with Crippen molar-refractivity contribution in [1.82, 2.24) is 0 Å². The molecule has 0 radical (unpaired) electrons. The average Bonchev–Trinajstić information content (AvgIpc) is 2.80. The van der Waals surface area contributed by atoms with E-state index in [0.717, 1.165) is 4.88 Å². The van der Waals surface area contributed by atoms with Gasteiger partial charge in [0, 0.05) is 4.88 Å². The molecule has 1 heterocycles. The van der Waals surface area contributed by atoms with E-state index in [1.54, 1.807) is 31.2 Å². The number of carbonyl (C=O) groups is 2. The summed E-state index contributed by atoms with van der Waals surface area (Å²) in [5, 5.41) is 12.1. The zero-order chi connectivity index (χ0) is 15.4. The van der Waals surface area contributed by atoms with Crippen LogP contribution in [0.25, 0.3) is 0 Å². The minimum Gasteiger partial charge on any atom is -0.493 e. The summed E-state index contributed by atoms with van der Waals surface area (Å²) in [5.41, 5.74) is 0.474. The van der Waals surface area contributed by atoms with Crippen LogP contribution in [0.4, 0.5) is 5.00 Å². The van der Waals surface area contributed by atoms with E-state index in [9.17, 15) is 9.59 Å². The second kappa shape index (κ2) is 6.41. The zero-order valence-electron chi connectivity index (χ0n) is 11.7. The second-order valence-electron chi connectivity index (χ2n) is 4.29. The van der Waals surface area contributed by atoms with E-state index in [-0.39, 0.29) is 11.5 Å². The van der Waals surface area contributed by atoms with E-state index >= 15 is 0 Å². The number of aromatic carboxylic acids is 1. The molecule has 0 aliphatic carbocycles.